The van der Waals surface area contributed by atoms with Gasteiger partial charge in [0, 0.05) is 32.2 Å². The van der Waals surface area contributed by atoms with E-state index in [1.807, 2.05) is 25.1 Å². The van der Waals surface area contributed by atoms with Gasteiger partial charge in [0.25, 0.3) is 0 Å². The summed E-state index contributed by atoms with van der Waals surface area (Å²) in [6.07, 6.45) is 0.897. The van der Waals surface area contributed by atoms with E-state index in [2.05, 4.69) is 0 Å². The number of rotatable bonds is 6. The largest absolute Gasteiger partial charge is 0.493 e. The third-order valence-electron chi connectivity index (χ3n) is 2.19. The Morgan fingerprint density at radius 1 is 1.27 bits per heavy atom. The molecule has 0 unspecified atom stereocenters. The lowest BCUT2D eigenvalue weighted by molar-refractivity contribution is 0.172. The second-order valence-electron chi connectivity index (χ2n) is 3.51. The van der Waals surface area contributed by atoms with Crippen LogP contribution in [0.15, 0.2) is 18.2 Å². The summed E-state index contributed by atoms with van der Waals surface area (Å²) < 4.78 is 10.6. The number of hydrogen-bond donors (Lipinski definition) is 1. The summed E-state index contributed by atoms with van der Waals surface area (Å²) in [5.74, 6) is 0.897. The molecule has 0 saturated heterocycles. The molecule has 3 nitrogen and oxygen atoms in total. The highest BCUT2D eigenvalue weighted by Crippen LogP contribution is 2.19. The highest BCUT2D eigenvalue weighted by Gasteiger charge is 2.01. The highest BCUT2D eigenvalue weighted by atomic mass is 16.5. The molecule has 0 bridgehead atoms. The SMILES string of the molecule is COCCCOc1cc(C)ccc1CN. The topological polar surface area (TPSA) is 44.5 Å². The van der Waals surface area contributed by atoms with Crippen molar-refractivity contribution in [3.8, 4) is 5.75 Å². The Bertz CT molecular complexity index is 300. The van der Waals surface area contributed by atoms with Crippen molar-refractivity contribution < 1.29 is 9.47 Å². The average molecular weight is 209 g/mol. The van der Waals surface area contributed by atoms with Gasteiger partial charge in [0.1, 0.15) is 5.75 Å². The van der Waals surface area contributed by atoms with Gasteiger partial charge in [-0.25, -0.2) is 0 Å². The van der Waals surface area contributed by atoms with E-state index in [1.54, 1.807) is 7.11 Å². The Labute approximate surface area is 91.2 Å². The van der Waals surface area contributed by atoms with Gasteiger partial charge < -0.3 is 15.2 Å². The van der Waals surface area contributed by atoms with E-state index < -0.39 is 0 Å². The zero-order valence-electron chi connectivity index (χ0n) is 9.45. The van der Waals surface area contributed by atoms with Crippen LogP contribution in [0, 0.1) is 6.92 Å². The first-order valence-electron chi connectivity index (χ1n) is 5.19. The lowest BCUT2D eigenvalue weighted by Gasteiger charge is -2.10. The lowest BCUT2D eigenvalue weighted by Crippen LogP contribution is -2.05. The molecule has 3 heteroatoms. The van der Waals surface area contributed by atoms with E-state index in [9.17, 15) is 0 Å². The summed E-state index contributed by atoms with van der Waals surface area (Å²) in [4.78, 5) is 0. The van der Waals surface area contributed by atoms with Crippen LogP contribution in [0.4, 0.5) is 0 Å². The number of nitrogens with two attached hydrogens (primary N) is 1. The van der Waals surface area contributed by atoms with Crippen LogP contribution in [-0.2, 0) is 11.3 Å². The van der Waals surface area contributed by atoms with Crippen LogP contribution in [0.2, 0.25) is 0 Å². The summed E-state index contributed by atoms with van der Waals surface area (Å²) in [6, 6.07) is 6.08. The minimum absolute atomic E-state index is 0.514. The summed E-state index contributed by atoms with van der Waals surface area (Å²) in [6.45, 7) is 3.95. The predicted octanol–water partition coefficient (Wildman–Crippen LogP) is 1.87. The van der Waals surface area contributed by atoms with E-state index in [0.717, 1.165) is 24.3 Å². The van der Waals surface area contributed by atoms with Crippen molar-refractivity contribution in [1.29, 1.82) is 0 Å². The predicted molar refractivity (Wildman–Crippen MR) is 61.1 cm³/mol. The molecule has 0 fully saturated rings. The standard InChI is InChI=1S/C12H19NO2/c1-10-4-5-11(9-13)12(8-10)15-7-3-6-14-2/h4-5,8H,3,6-7,9,13H2,1-2H3. The molecule has 0 aliphatic carbocycles. The molecule has 1 rings (SSSR count). The highest BCUT2D eigenvalue weighted by molar-refractivity contribution is 5.36. The summed E-state index contributed by atoms with van der Waals surface area (Å²) >= 11 is 0. The molecule has 1 aromatic rings. The van der Waals surface area contributed by atoms with Crippen LogP contribution in [0.5, 0.6) is 5.75 Å². The minimum Gasteiger partial charge on any atom is -0.493 e. The second kappa shape index (κ2) is 6.43. The Kier molecular flexibility index (Phi) is 5.15. The van der Waals surface area contributed by atoms with Gasteiger partial charge in [0.05, 0.1) is 6.61 Å². The smallest absolute Gasteiger partial charge is 0.124 e. The molecule has 2 N–H and O–H groups in total. The molecule has 0 aromatic heterocycles. The fraction of sp³-hybridized carbons (Fsp3) is 0.500. The molecule has 0 spiro atoms. The van der Waals surface area contributed by atoms with Gasteiger partial charge in [-0.3, -0.25) is 0 Å². The third-order valence-corrected chi connectivity index (χ3v) is 2.19. The summed E-state index contributed by atoms with van der Waals surface area (Å²) in [5, 5.41) is 0. The van der Waals surface area contributed by atoms with Crippen molar-refractivity contribution in [1.82, 2.24) is 0 Å². The van der Waals surface area contributed by atoms with Gasteiger partial charge >= 0.3 is 0 Å². The molecule has 1 aromatic carbocycles. The summed E-state index contributed by atoms with van der Waals surface area (Å²) in [7, 11) is 1.69. The van der Waals surface area contributed by atoms with Crippen LogP contribution in [-0.4, -0.2) is 20.3 Å². The normalized spacial score (nSPS) is 10.3. The van der Waals surface area contributed by atoms with Gasteiger partial charge in [0.15, 0.2) is 0 Å². The van der Waals surface area contributed by atoms with Crippen LogP contribution in [0.1, 0.15) is 17.5 Å². The Hall–Kier alpha value is -1.06. The van der Waals surface area contributed by atoms with E-state index >= 15 is 0 Å². The van der Waals surface area contributed by atoms with Crippen LogP contribution >= 0.6 is 0 Å². The Morgan fingerprint density at radius 2 is 2.07 bits per heavy atom. The molecule has 0 radical (unpaired) electrons. The molecule has 0 saturated carbocycles. The molecule has 84 valence electrons. The van der Waals surface area contributed by atoms with E-state index in [1.165, 1.54) is 5.56 Å². The first kappa shape index (κ1) is 12.0. The quantitative estimate of drug-likeness (QED) is 0.727. The van der Waals surface area contributed by atoms with Crippen LogP contribution in [0.25, 0.3) is 0 Å². The van der Waals surface area contributed by atoms with Crippen molar-refractivity contribution in [2.75, 3.05) is 20.3 Å². The molecular weight excluding hydrogens is 190 g/mol. The average Bonchev–Trinajstić information content (AvgIpc) is 2.25. The van der Waals surface area contributed by atoms with Crippen molar-refractivity contribution in [2.24, 2.45) is 5.73 Å². The zero-order valence-corrected chi connectivity index (χ0v) is 9.45. The molecule has 0 aliphatic rings. The number of hydrogen-bond acceptors (Lipinski definition) is 3. The first-order chi connectivity index (χ1) is 7.27. The third kappa shape index (κ3) is 3.90. The maximum absolute atomic E-state index is 5.65. The van der Waals surface area contributed by atoms with E-state index in [0.29, 0.717) is 13.2 Å². The maximum atomic E-state index is 5.65. The fourth-order valence-electron chi connectivity index (χ4n) is 1.35. The van der Waals surface area contributed by atoms with Crippen molar-refractivity contribution in [2.45, 2.75) is 19.9 Å². The Balaban J connectivity index is 2.54. The second-order valence-corrected chi connectivity index (χ2v) is 3.51. The molecular formula is C12H19NO2. The van der Waals surface area contributed by atoms with Gasteiger partial charge in [-0.1, -0.05) is 12.1 Å². The van der Waals surface area contributed by atoms with Crippen molar-refractivity contribution >= 4 is 0 Å². The van der Waals surface area contributed by atoms with Crippen LogP contribution < -0.4 is 10.5 Å². The number of methoxy groups -OCH3 is 1. The van der Waals surface area contributed by atoms with E-state index in [-0.39, 0.29) is 0 Å². The van der Waals surface area contributed by atoms with Gasteiger partial charge in [-0.2, -0.15) is 0 Å². The molecule has 0 atom stereocenters. The summed E-state index contributed by atoms with van der Waals surface area (Å²) in [5.41, 5.74) is 7.87. The molecule has 0 heterocycles. The van der Waals surface area contributed by atoms with Crippen molar-refractivity contribution in [3.63, 3.8) is 0 Å². The Morgan fingerprint density at radius 3 is 2.73 bits per heavy atom. The molecule has 15 heavy (non-hydrogen) atoms. The van der Waals surface area contributed by atoms with Crippen molar-refractivity contribution in [3.05, 3.63) is 29.3 Å². The van der Waals surface area contributed by atoms with Gasteiger partial charge in [0.2, 0.25) is 0 Å². The number of aryl methyl sites for hydroxylation is 1. The maximum Gasteiger partial charge on any atom is 0.124 e. The van der Waals surface area contributed by atoms with Gasteiger partial charge in [-0.05, 0) is 18.6 Å². The number of ether oxygens (including phenoxy) is 2. The van der Waals surface area contributed by atoms with Crippen LogP contribution in [0.3, 0.4) is 0 Å². The van der Waals surface area contributed by atoms with E-state index in [4.69, 9.17) is 15.2 Å². The fourth-order valence-corrected chi connectivity index (χ4v) is 1.35. The zero-order chi connectivity index (χ0) is 11.1. The van der Waals surface area contributed by atoms with Gasteiger partial charge in [-0.15, -0.1) is 0 Å². The molecule has 0 amide bonds. The number of benzene rings is 1. The lowest BCUT2D eigenvalue weighted by atomic mass is 10.1. The minimum atomic E-state index is 0.514. The monoisotopic (exact) mass is 209 g/mol. The first-order valence-corrected chi connectivity index (χ1v) is 5.19. The molecule has 0 aliphatic heterocycles.